The number of carbonyl (C=O) groups excluding carboxylic acids is 1. The molecule has 1 amide bonds. The quantitative estimate of drug-likeness (QED) is 0.902. The fraction of sp³-hybridized carbons (Fsp3) is 0.294. The zero-order valence-corrected chi connectivity index (χ0v) is 14.6. The van der Waals surface area contributed by atoms with Crippen molar-refractivity contribution in [1.29, 1.82) is 0 Å². The monoisotopic (exact) mass is 361 g/mol. The van der Waals surface area contributed by atoms with E-state index in [0.29, 0.717) is 35.7 Å². The van der Waals surface area contributed by atoms with Gasteiger partial charge >= 0.3 is 0 Å². The Morgan fingerprint density at radius 3 is 2.80 bits per heavy atom. The van der Waals surface area contributed by atoms with Crippen LogP contribution in [-0.2, 0) is 10.0 Å². The van der Waals surface area contributed by atoms with Gasteiger partial charge in [0.1, 0.15) is 5.75 Å². The Morgan fingerprint density at radius 1 is 1.28 bits per heavy atom. The molecule has 132 valence electrons. The average Bonchev–Trinajstić information content (AvgIpc) is 2.62. The predicted octanol–water partition coefficient (Wildman–Crippen LogP) is 2.27. The highest BCUT2D eigenvalue weighted by atomic mass is 32.2. The highest BCUT2D eigenvalue weighted by molar-refractivity contribution is 7.92. The van der Waals surface area contributed by atoms with Gasteiger partial charge in [-0.15, -0.1) is 0 Å². The van der Waals surface area contributed by atoms with Crippen LogP contribution < -0.4 is 14.4 Å². The van der Waals surface area contributed by atoms with Crippen molar-refractivity contribution < 1.29 is 17.9 Å². The van der Waals surface area contributed by atoms with Crippen molar-refractivity contribution in [2.75, 3.05) is 29.0 Å². The van der Waals surface area contributed by atoms with Crippen LogP contribution in [0.1, 0.15) is 23.2 Å². The van der Waals surface area contributed by atoms with E-state index >= 15 is 0 Å². The van der Waals surface area contributed by atoms with Gasteiger partial charge in [0.2, 0.25) is 10.0 Å². The van der Waals surface area contributed by atoms with Gasteiger partial charge in [0.15, 0.2) is 0 Å². The van der Waals surface area contributed by atoms with Crippen LogP contribution in [0.2, 0.25) is 0 Å². The maximum atomic E-state index is 12.4. The highest BCUT2D eigenvalue weighted by Crippen LogP contribution is 2.35. The Bertz CT molecular complexity index is 869. The molecule has 1 aromatic heterocycles. The molecule has 1 aliphatic rings. The van der Waals surface area contributed by atoms with Crippen LogP contribution in [0.3, 0.4) is 0 Å². The fourth-order valence-corrected chi connectivity index (χ4v) is 4.36. The van der Waals surface area contributed by atoms with Crippen LogP contribution in [0.5, 0.6) is 5.75 Å². The molecule has 8 heteroatoms. The van der Waals surface area contributed by atoms with Crippen molar-refractivity contribution in [2.24, 2.45) is 0 Å². The second kappa shape index (κ2) is 7.10. The summed E-state index contributed by atoms with van der Waals surface area (Å²) in [6.45, 7) is 0.401. The third-order valence-corrected chi connectivity index (χ3v) is 5.83. The second-order valence-corrected chi connectivity index (χ2v) is 7.69. The number of amides is 1. The molecule has 1 fully saturated rings. The zero-order valence-electron chi connectivity index (χ0n) is 13.8. The number of nitrogens with one attached hydrogen (secondary N) is 1. The highest BCUT2D eigenvalue weighted by Gasteiger charge is 2.28. The molecule has 0 aliphatic carbocycles. The van der Waals surface area contributed by atoms with Crippen molar-refractivity contribution in [3.05, 3.63) is 48.3 Å². The Morgan fingerprint density at radius 2 is 2.12 bits per heavy atom. The standard InChI is InChI=1S/C17H19N3O4S/c1-24-16-7-6-14(19-17(21)13-5-4-8-18-12-13)11-15(16)20-9-2-3-10-25(20,22)23/h4-8,11-12H,2-3,9-10H2,1H3,(H,19,21). The second-order valence-electron chi connectivity index (χ2n) is 5.68. The molecule has 7 nitrogen and oxygen atoms in total. The van der Waals surface area contributed by atoms with E-state index in [1.165, 1.54) is 17.6 Å². The molecule has 2 heterocycles. The molecule has 3 rings (SSSR count). The van der Waals surface area contributed by atoms with E-state index in [2.05, 4.69) is 10.3 Å². The number of sulfonamides is 1. The Labute approximate surface area is 146 Å². The normalized spacial score (nSPS) is 16.3. The summed E-state index contributed by atoms with van der Waals surface area (Å²) < 4.78 is 31.4. The number of methoxy groups -OCH3 is 1. The lowest BCUT2D eigenvalue weighted by Gasteiger charge is -2.29. The molecule has 0 spiro atoms. The third kappa shape index (κ3) is 3.74. The molecule has 25 heavy (non-hydrogen) atoms. The molecule has 0 unspecified atom stereocenters. The summed E-state index contributed by atoms with van der Waals surface area (Å²) in [4.78, 5) is 16.2. The lowest BCUT2D eigenvalue weighted by atomic mass is 10.2. The van der Waals surface area contributed by atoms with Gasteiger partial charge in [-0.05, 0) is 43.2 Å². The van der Waals surface area contributed by atoms with E-state index < -0.39 is 10.0 Å². The summed E-state index contributed by atoms with van der Waals surface area (Å²) in [5, 5.41) is 2.76. The van der Waals surface area contributed by atoms with Gasteiger partial charge in [-0.3, -0.25) is 14.1 Å². The maximum absolute atomic E-state index is 12.4. The first-order chi connectivity index (χ1) is 12.0. The fourth-order valence-electron chi connectivity index (χ4n) is 2.72. The van der Waals surface area contributed by atoms with Crippen LogP contribution >= 0.6 is 0 Å². The van der Waals surface area contributed by atoms with Crippen molar-refractivity contribution in [1.82, 2.24) is 4.98 Å². The van der Waals surface area contributed by atoms with E-state index in [1.54, 1.807) is 36.5 Å². The molecule has 1 N–H and O–H groups in total. The van der Waals surface area contributed by atoms with Crippen LogP contribution in [0.25, 0.3) is 0 Å². The van der Waals surface area contributed by atoms with E-state index in [0.717, 1.165) is 6.42 Å². The number of benzene rings is 1. The average molecular weight is 361 g/mol. The van der Waals surface area contributed by atoms with Gasteiger partial charge in [-0.25, -0.2) is 8.42 Å². The molecule has 1 aromatic carbocycles. The van der Waals surface area contributed by atoms with E-state index in [1.807, 2.05) is 0 Å². The summed E-state index contributed by atoms with van der Waals surface area (Å²) in [5.74, 6) is 0.248. The van der Waals surface area contributed by atoms with Crippen LogP contribution in [0.15, 0.2) is 42.7 Å². The number of pyridine rings is 1. The van der Waals surface area contributed by atoms with Crippen molar-refractivity contribution in [2.45, 2.75) is 12.8 Å². The number of carbonyl (C=O) groups is 1. The van der Waals surface area contributed by atoms with Gasteiger partial charge < -0.3 is 10.1 Å². The van der Waals surface area contributed by atoms with Gasteiger partial charge in [-0.1, -0.05) is 0 Å². The lowest BCUT2D eigenvalue weighted by molar-refractivity contribution is 0.102. The van der Waals surface area contributed by atoms with Gasteiger partial charge in [0.25, 0.3) is 5.91 Å². The number of rotatable bonds is 4. The summed E-state index contributed by atoms with van der Waals surface area (Å²) >= 11 is 0. The Kier molecular flexibility index (Phi) is 4.89. The largest absolute Gasteiger partial charge is 0.495 e. The van der Waals surface area contributed by atoms with Crippen LogP contribution in [-0.4, -0.2) is 38.7 Å². The van der Waals surface area contributed by atoms with Crippen molar-refractivity contribution in [3.63, 3.8) is 0 Å². The molecule has 0 saturated carbocycles. The summed E-state index contributed by atoms with van der Waals surface area (Å²) in [6.07, 6.45) is 4.49. The van der Waals surface area contributed by atoms with Crippen molar-refractivity contribution >= 4 is 27.3 Å². The molecule has 2 aromatic rings. The number of hydrogen-bond donors (Lipinski definition) is 1. The number of hydrogen-bond acceptors (Lipinski definition) is 5. The first-order valence-corrected chi connectivity index (χ1v) is 9.52. The topological polar surface area (TPSA) is 88.6 Å². The number of ether oxygens (including phenoxy) is 1. The lowest BCUT2D eigenvalue weighted by Crippen LogP contribution is -2.38. The van der Waals surface area contributed by atoms with Crippen LogP contribution in [0.4, 0.5) is 11.4 Å². The van der Waals surface area contributed by atoms with E-state index in [4.69, 9.17) is 4.74 Å². The maximum Gasteiger partial charge on any atom is 0.257 e. The van der Waals surface area contributed by atoms with E-state index in [9.17, 15) is 13.2 Å². The predicted molar refractivity (Wildman–Crippen MR) is 95.6 cm³/mol. The Balaban J connectivity index is 1.91. The molecule has 1 saturated heterocycles. The first-order valence-electron chi connectivity index (χ1n) is 7.91. The SMILES string of the molecule is COc1ccc(NC(=O)c2cccnc2)cc1N1CCCCS1(=O)=O. The van der Waals surface area contributed by atoms with E-state index in [-0.39, 0.29) is 11.7 Å². The molecule has 1 aliphatic heterocycles. The minimum absolute atomic E-state index is 0.114. The summed E-state index contributed by atoms with van der Waals surface area (Å²) in [5.41, 5.74) is 1.35. The van der Waals surface area contributed by atoms with Crippen LogP contribution in [0, 0.1) is 0 Å². The number of aromatic nitrogens is 1. The number of nitrogens with zero attached hydrogens (tertiary/aromatic N) is 2. The smallest absolute Gasteiger partial charge is 0.257 e. The first kappa shape index (κ1) is 17.2. The van der Waals surface area contributed by atoms with Gasteiger partial charge in [0, 0.05) is 24.6 Å². The van der Waals surface area contributed by atoms with Gasteiger partial charge in [-0.2, -0.15) is 0 Å². The van der Waals surface area contributed by atoms with Crippen molar-refractivity contribution in [3.8, 4) is 5.75 Å². The molecular formula is C17H19N3O4S. The molecular weight excluding hydrogens is 342 g/mol. The minimum Gasteiger partial charge on any atom is -0.495 e. The minimum atomic E-state index is -3.38. The summed E-state index contributed by atoms with van der Waals surface area (Å²) in [7, 11) is -1.89. The zero-order chi connectivity index (χ0) is 17.9. The third-order valence-electron chi connectivity index (χ3n) is 3.98. The Hall–Kier alpha value is -2.61. The summed E-state index contributed by atoms with van der Waals surface area (Å²) in [6, 6.07) is 8.28. The van der Waals surface area contributed by atoms with Gasteiger partial charge in [0.05, 0.1) is 24.1 Å². The molecule has 0 radical (unpaired) electrons. The molecule has 0 bridgehead atoms. The number of anilines is 2. The molecule has 0 atom stereocenters.